The smallest absolute Gasteiger partial charge is 0.168 e. The summed E-state index contributed by atoms with van der Waals surface area (Å²) in [5, 5.41) is 3.55. The van der Waals surface area contributed by atoms with E-state index >= 15 is 0 Å². The molecule has 1 N–H and O–H groups in total. The summed E-state index contributed by atoms with van der Waals surface area (Å²) >= 11 is 0. The lowest BCUT2D eigenvalue weighted by molar-refractivity contribution is 0.242. The van der Waals surface area contributed by atoms with Crippen LogP contribution in [0.3, 0.4) is 0 Å². The third-order valence-corrected chi connectivity index (χ3v) is 3.85. The van der Waals surface area contributed by atoms with Gasteiger partial charge in [0.25, 0.3) is 0 Å². The molecule has 106 valence electrons. The third-order valence-electron chi connectivity index (χ3n) is 3.85. The zero-order chi connectivity index (χ0) is 13.7. The van der Waals surface area contributed by atoms with Crippen LogP contribution in [0.15, 0.2) is 18.3 Å². The SMILES string of the molecule is CC(C)Oc1cccnc1NC(C)C1CCCCC1. The fraction of sp³-hybridized carbons (Fsp3) is 0.688. The molecule has 1 aromatic heterocycles. The molecule has 2 rings (SSSR count). The Morgan fingerprint density at radius 1 is 1.21 bits per heavy atom. The van der Waals surface area contributed by atoms with E-state index < -0.39 is 0 Å². The van der Waals surface area contributed by atoms with Crippen molar-refractivity contribution >= 4 is 5.82 Å². The van der Waals surface area contributed by atoms with Crippen molar-refractivity contribution in [1.29, 1.82) is 0 Å². The van der Waals surface area contributed by atoms with E-state index in [1.165, 1.54) is 32.1 Å². The van der Waals surface area contributed by atoms with Crippen LogP contribution >= 0.6 is 0 Å². The highest BCUT2D eigenvalue weighted by molar-refractivity contribution is 5.50. The molecule has 0 bridgehead atoms. The van der Waals surface area contributed by atoms with Crippen LogP contribution < -0.4 is 10.1 Å². The average molecular weight is 262 g/mol. The van der Waals surface area contributed by atoms with E-state index in [9.17, 15) is 0 Å². The van der Waals surface area contributed by atoms with Crippen molar-refractivity contribution in [2.24, 2.45) is 5.92 Å². The van der Waals surface area contributed by atoms with Crippen molar-refractivity contribution < 1.29 is 4.74 Å². The highest BCUT2D eigenvalue weighted by Crippen LogP contribution is 2.30. The molecule has 1 aromatic rings. The Morgan fingerprint density at radius 3 is 2.63 bits per heavy atom. The highest BCUT2D eigenvalue weighted by Gasteiger charge is 2.21. The van der Waals surface area contributed by atoms with Gasteiger partial charge >= 0.3 is 0 Å². The summed E-state index contributed by atoms with van der Waals surface area (Å²) in [5.41, 5.74) is 0. The molecule has 1 unspecified atom stereocenters. The van der Waals surface area contributed by atoms with Crippen molar-refractivity contribution in [3.05, 3.63) is 18.3 Å². The molecule has 1 aliphatic carbocycles. The van der Waals surface area contributed by atoms with E-state index in [1.807, 2.05) is 32.2 Å². The van der Waals surface area contributed by atoms with Gasteiger partial charge in [-0.05, 0) is 51.7 Å². The van der Waals surface area contributed by atoms with Crippen LogP contribution in [0.1, 0.15) is 52.9 Å². The number of nitrogens with zero attached hydrogens (tertiary/aromatic N) is 1. The Bertz CT molecular complexity index is 386. The van der Waals surface area contributed by atoms with Crippen molar-refractivity contribution in [3.8, 4) is 5.75 Å². The summed E-state index contributed by atoms with van der Waals surface area (Å²) in [4.78, 5) is 4.43. The summed E-state index contributed by atoms with van der Waals surface area (Å²) < 4.78 is 5.81. The Kier molecular flexibility index (Phi) is 5.06. The van der Waals surface area contributed by atoms with Gasteiger partial charge in [0, 0.05) is 12.2 Å². The first kappa shape index (κ1) is 14.2. The van der Waals surface area contributed by atoms with Gasteiger partial charge in [-0.2, -0.15) is 0 Å². The number of ether oxygens (including phenoxy) is 1. The van der Waals surface area contributed by atoms with E-state index in [4.69, 9.17) is 4.74 Å². The number of nitrogens with one attached hydrogen (secondary N) is 1. The van der Waals surface area contributed by atoms with E-state index in [1.54, 1.807) is 0 Å². The van der Waals surface area contributed by atoms with Crippen LogP contribution in [0.2, 0.25) is 0 Å². The summed E-state index contributed by atoms with van der Waals surface area (Å²) in [5.74, 6) is 2.51. The van der Waals surface area contributed by atoms with Crippen molar-refractivity contribution in [2.45, 2.75) is 65.0 Å². The molecule has 1 heterocycles. The first-order valence-corrected chi connectivity index (χ1v) is 7.55. The van der Waals surface area contributed by atoms with Crippen LogP contribution in [0.5, 0.6) is 5.75 Å². The molecule has 1 fully saturated rings. The van der Waals surface area contributed by atoms with Crippen LogP contribution in [0.25, 0.3) is 0 Å². The van der Waals surface area contributed by atoms with Crippen LogP contribution in [0.4, 0.5) is 5.82 Å². The lowest BCUT2D eigenvalue weighted by Gasteiger charge is -2.29. The number of anilines is 1. The lowest BCUT2D eigenvalue weighted by atomic mass is 9.84. The third kappa shape index (κ3) is 4.12. The fourth-order valence-corrected chi connectivity index (χ4v) is 2.82. The van der Waals surface area contributed by atoms with Crippen molar-refractivity contribution in [1.82, 2.24) is 4.98 Å². The van der Waals surface area contributed by atoms with E-state index in [2.05, 4.69) is 17.2 Å². The molecule has 0 aromatic carbocycles. The molecule has 3 nitrogen and oxygen atoms in total. The van der Waals surface area contributed by atoms with Crippen LogP contribution in [0, 0.1) is 5.92 Å². The summed E-state index contributed by atoms with van der Waals surface area (Å²) in [7, 11) is 0. The zero-order valence-electron chi connectivity index (χ0n) is 12.4. The number of aromatic nitrogens is 1. The van der Waals surface area contributed by atoms with Crippen LogP contribution in [-0.4, -0.2) is 17.1 Å². The predicted octanol–water partition coefficient (Wildman–Crippen LogP) is 4.25. The molecule has 0 spiro atoms. The highest BCUT2D eigenvalue weighted by atomic mass is 16.5. The van der Waals surface area contributed by atoms with Gasteiger partial charge in [0.1, 0.15) is 0 Å². The minimum atomic E-state index is 0.176. The topological polar surface area (TPSA) is 34.1 Å². The second kappa shape index (κ2) is 6.78. The van der Waals surface area contributed by atoms with Crippen molar-refractivity contribution in [3.63, 3.8) is 0 Å². The minimum Gasteiger partial charge on any atom is -0.487 e. The van der Waals surface area contributed by atoms with E-state index in [-0.39, 0.29) is 6.10 Å². The largest absolute Gasteiger partial charge is 0.487 e. The Balaban J connectivity index is 2.01. The lowest BCUT2D eigenvalue weighted by Crippen LogP contribution is -2.28. The minimum absolute atomic E-state index is 0.176. The number of rotatable bonds is 5. The summed E-state index contributed by atoms with van der Waals surface area (Å²) in [6.45, 7) is 6.35. The molecule has 1 saturated carbocycles. The van der Waals surface area contributed by atoms with Crippen molar-refractivity contribution in [2.75, 3.05) is 5.32 Å². The first-order chi connectivity index (χ1) is 9.16. The molecule has 1 atom stereocenters. The predicted molar refractivity (Wildman–Crippen MR) is 79.7 cm³/mol. The molecule has 3 heteroatoms. The molecule has 0 saturated heterocycles. The van der Waals surface area contributed by atoms with Gasteiger partial charge < -0.3 is 10.1 Å². The number of hydrogen-bond donors (Lipinski definition) is 1. The van der Waals surface area contributed by atoms with Gasteiger partial charge in [-0.25, -0.2) is 4.98 Å². The van der Waals surface area contributed by atoms with Gasteiger partial charge in [-0.3, -0.25) is 0 Å². The second-order valence-corrected chi connectivity index (χ2v) is 5.85. The normalized spacial score (nSPS) is 18.3. The second-order valence-electron chi connectivity index (χ2n) is 5.85. The molecule has 19 heavy (non-hydrogen) atoms. The first-order valence-electron chi connectivity index (χ1n) is 7.55. The quantitative estimate of drug-likeness (QED) is 0.861. The fourth-order valence-electron chi connectivity index (χ4n) is 2.82. The molecular formula is C16H26N2O. The van der Waals surface area contributed by atoms with E-state index in [0.717, 1.165) is 17.5 Å². The zero-order valence-corrected chi connectivity index (χ0v) is 12.4. The van der Waals surface area contributed by atoms with E-state index in [0.29, 0.717) is 6.04 Å². The molecule has 0 amide bonds. The maximum absolute atomic E-state index is 5.81. The summed E-state index contributed by atoms with van der Waals surface area (Å²) in [6.07, 6.45) is 8.80. The standard InChI is InChI=1S/C16H26N2O/c1-12(2)19-15-10-7-11-17-16(15)18-13(3)14-8-5-4-6-9-14/h7,10-14H,4-6,8-9H2,1-3H3,(H,17,18). The number of pyridine rings is 1. The molecule has 1 aliphatic rings. The number of hydrogen-bond acceptors (Lipinski definition) is 3. The summed E-state index contributed by atoms with van der Waals surface area (Å²) in [6, 6.07) is 4.38. The van der Waals surface area contributed by atoms with Gasteiger partial charge in [-0.1, -0.05) is 19.3 Å². The Hall–Kier alpha value is -1.25. The van der Waals surface area contributed by atoms with Gasteiger partial charge in [0.2, 0.25) is 0 Å². The molecular weight excluding hydrogens is 236 g/mol. The van der Waals surface area contributed by atoms with Gasteiger partial charge in [-0.15, -0.1) is 0 Å². The van der Waals surface area contributed by atoms with Crippen LogP contribution in [-0.2, 0) is 0 Å². The Morgan fingerprint density at radius 2 is 1.95 bits per heavy atom. The Labute approximate surface area is 116 Å². The average Bonchev–Trinajstić information content (AvgIpc) is 2.41. The van der Waals surface area contributed by atoms with Gasteiger partial charge in [0.15, 0.2) is 11.6 Å². The van der Waals surface area contributed by atoms with Gasteiger partial charge in [0.05, 0.1) is 6.10 Å². The molecule has 0 aliphatic heterocycles. The maximum Gasteiger partial charge on any atom is 0.168 e. The molecule has 0 radical (unpaired) electrons. The maximum atomic E-state index is 5.81. The monoisotopic (exact) mass is 262 g/mol.